The van der Waals surface area contributed by atoms with Gasteiger partial charge < -0.3 is 4.74 Å². The summed E-state index contributed by atoms with van der Waals surface area (Å²) in [4.78, 5) is 45.2. The summed E-state index contributed by atoms with van der Waals surface area (Å²) in [5.74, 6) is -1.59. The van der Waals surface area contributed by atoms with Crippen molar-refractivity contribution in [3.63, 3.8) is 0 Å². The van der Waals surface area contributed by atoms with Gasteiger partial charge in [-0.25, -0.2) is 10.2 Å². The van der Waals surface area contributed by atoms with Crippen LogP contribution in [0.2, 0.25) is 5.02 Å². The van der Waals surface area contributed by atoms with Crippen molar-refractivity contribution in [2.24, 2.45) is 0 Å². The maximum absolute atomic E-state index is 11.8. The Balaban J connectivity index is 1.78. The third kappa shape index (κ3) is 5.97. The Morgan fingerprint density at radius 3 is 2.37 bits per heavy atom. The lowest BCUT2D eigenvalue weighted by atomic mass is 10.2. The van der Waals surface area contributed by atoms with Gasteiger partial charge in [-0.2, -0.15) is 0 Å². The molecule has 2 rings (SSSR count). The molecule has 0 aromatic heterocycles. The summed E-state index contributed by atoms with van der Waals surface area (Å²) < 4.78 is 5.05. The molecule has 0 saturated carbocycles. The largest absolute Gasteiger partial charge is 0.477 e. The molecule has 0 spiro atoms. The van der Waals surface area contributed by atoms with Gasteiger partial charge in [0.1, 0.15) is 0 Å². The van der Waals surface area contributed by atoms with Gasteiger partial charge in [0.25, 0.3) is 11.8 Å². The van der Waals surface area contributed by atoms with Crippen LogP contribution in [0.15, 0.2) is 48.5 Å². The van der Waals surface area contributed by atoms with E-state index in [1.807, 2.05) is 16.2 Å². The zero-order valence-electron chi connectivity index (χ0n) is 13.6. The van der Waals surface area contributed by atoms with E-state index in [9.17, 15) is 24.5 Å². The molecule has 0 aliphatic carbocycles. The zero-order valence-corrected chi connectivity index (χ0v) is 14.4. The van der Waals surface area contributed by atoms with Crippen molar-refractivity contribution in [3.05, 3.63) is 69.2 Å². The number of ether oxygens (including phenoxy) is 1. The lowest BCUT2D eigenvalue weighted by Crippen LogP contribution is -2.49. The van der Waals surface area contributed by atoms with E-state index >= 15 is 0 Å². The SMILES string of the molecule is O=C(COc1ccccc1[N+](=O)[O-])NNC(=O)NC(=O)c1ccc(Cl)cc1. The highest BCUT2D eigenvalue weighted by Gasteiger charge is 2.15. The molecule has 0 atom stereocenters. The second-order valence-electron chi connectivity index (χ2n) is 4.98. The van der Waals surface area contributed by atoms with Gasteiger partial charge in [0, 0.05) is 16.7 Å². The quantitative estimate of drug-likeness (QED) is 0.523. The maximum Gasteiger partial charge on any atom is 0.340 e. The van der Waals surface area contributed by atoms with Crippen molar-refractivity contribution in [2.45, 2.75) is 0 Å². The van der Waals surface area contributed by atoms with Gasteiger partial charge in [0.05, 0.1) is 4.92 Å². The fourth-order valence-corrected chi connectivity index (χ4v) is 1.97. The third-order valence-electron chi connectivity index (χ3n) is 3.07. The number of nitro groups is 1. The van der Waals surface area contributed by atoms with Crippen LogP contribution in [0.3, 0.4) is 0 Å². The predicted octanol–water partition coefficient (Wildman–Crippen LogP) is 1.80. The molecule has 0 aliphatic heterocycles. The Morgan fingerprint density at radius 2 is 1.70 bits per heavy atom. The number of hydrogen-bond acceptors (Lipinski definition) is 6. The Hall–Kier alpha value is -3.66. The average Bonchev–Trinajstić information content (AvgIpc) is 2.65. The van der Waals surface area contributed by atoms with Crippen LogP contribution in [0.1, 0.15) is 10.4 Å². The normalized spacial score (nSPS) is 9.81. The predicted molar refractivity (Wildman–Crippen MR) is 94.2 cm³/mol. The Labute approximate surface area is 157 Å². The van der Waals surface area contributed by atoms with Crippen molar-refractivity contribution >= 4 is 35.1 Å². The molecule has 0 bridgehead atoms. The molecule has 140 valence electrons. The van der Waals surface area contributed by atoms with Crippen LogP contribution in [-0.2, 0) is 4.79 Å². The Bertz CT molecular complexity index is 871. The number of nitro benzene ring substituents is 1. The number of benzene rings is 2. The van der Waals surface area contributed by atoms with E-state index in [2.05, 4.69) is 0 Å². The van der Waals surface area contributed by atoms with E-state index in [4.69, 9.17) is 16.3 Å². The number of hydrazine groups is 1. The Kier molecular flexibility index (Phi) is 6.67. The second kappa shape index (κ2) is 9.15. The molecule has 4 amide bonds. The molecule has 27 heavy (non-hydrogen) atoms. The lowest BCUT2D eigenvalue weighted by molar-refractivity contribution is -0.385. The minimum atomic E-state index is -0.978. The van der Waals surface area contributed by atoms with Crippen LogP contribution in [0.25, 0.3) is 0 Å². The number of amides is 4. The summed E-state index contributed by atoms with van der Waals surface area (Å²) in [7, 11) is 0. The fraction of sp³-hybridized carbons (Fsp3) is 0.0625. The summed E-state index contributed by atoms with van der Waals surface area (Å²) >= 11 is 5.70. The molecule has 0 fully saturated rings. The third-order valence-corrected chi connectivity index (χ3v) is 3.32. The highest BCUT2D eigenvalue weighted by atomic mass is 35.5. The lowest BCUT2D eigenvalue weighted by Gasteiger charge is -2.09. The highest BCUT2D eigenvalue weighted by molar-refractivity contribution is 6.30. The Morgan fingerprint density at radius 1 is 1.04 bits per heavy atom. The number of urea groups is 1. The fourth-order valence-electron chi connectivity index (χ4n) is 1.84. The van der Waals surface area contributed by atoms with Crippen molar-refractivity contribution in [1.29, 1.82) is 0 Å². The van der Waals surface area contributed by atoms with E-state index in [0.29, 0.717) is 5.02 Å². The topological polar surface area (TPSA) is 140 Å². The van der Waals surface area contributed by atoms with Crippen molar-refractivity contribution in [2.75, 3.05) is 6.61 Å². The maximum atomic E-state index is 11.8. The van der Waals surface area contributed by atoms with Gasteiger partial charge in [-0.15, -0.1) is 0 Å². The number of hydrogen-bond donors (Lipinski definition) is 3. The number of rotatable bonds is 5. The monoisotopic (exact) mass is 392 g/mol. The van der Waals surface area contributed by atoms with Crippen LogP contribution < -0.4 is 20.9 Å². The van der Waals surface area contributed by atoms with Gasteiger partial charge in [-0.05, 0) is 30.3 Å². The van der Waals surface area contributed by atoms with E-state index < -0.39 is 29.4 Å². The van der Waals surface area contributed by atoms with Gasteiger partial charge in [0.15, 0.2) is 12.4 Å². The minimum absolute atomic E-state index is 0.0972. The molecular formula is C16H13ClN4O6. The molecule has 2 aromatic rings. The van der Waals surface area contributed by atoms with E-state index in [-0.39, 0.29) is 17.0 Å². The first-order chi connectivity index (χ1) is 12.9. The van der Waals surface area contributed by atoms with Crippen LogP contribution in [0, 0.1) is 10.1 Å². The standard InChI is InChI=1S/C16H13ClN4O6/c17-11-7-5-10(6-8-11)15(23)18-16(24)20-19-14(22)9-27-13-4-2-1-3-12(13)21(25)26/h1-8H,9H2,(H,19,22)(H2,18,20,23,24). The number of para-hydroxylation sites is 2. The number of imide groups is 1. The molecule has 11 heteroatoms. The summed E-state index contributed by atoms with van der Waals surface area (Å²) in [6.45, 7) is -0.587. The van der Waals surface area contributed by atoms with Crippen LogP contribution >= 0.6 is 11.6 Å². The zero-order chi connectivity index (χ0) is 19.8. The molecule has 0 aliphatic rings. The second-order valence-corrected chi connectivity index (χ2v) is 5.41. The van der Waals surface area contributed by atoms with Crippen molar-refractivity contribution in [1.82, 2.24) is 16.2 Å². The van der Waals surface area contributed by atoms with Gasteiger partial charge in [-0.1, -0.05) is 23.7 Å². The number of halogens is 1. The van der Waals surface area contributed by atoms with E-state index in [1.165, 1.54) is 48.5 Å². The van der Waals surface area contributed by atoms with Crippen molar-refractivity contribution < 1.29 is 24.0 Å². The molecule has 0 radical (unpaired) electrons. The number of nitrogens with zero attached hydrogens (tertiary/aromatic N) is 1. The highest BCUT2D eigenvalue weighted by Crippen LogP contribution is 2.25. The first-order valence-electron chi connectivity index (χ1n) is 7.39. The summed E-state index contributed by atoms with van der Waals surface area (Å²) in [5.41, 5.74) is 3.85. The van der Waals surface area contributed by atoms with Crippen molar-refractivity contribution in [3.8, 4) is 5.75 Å². The van der Waals surface area contributed by atoms with Crippen LogP contribution in [0.4, 0.5) is 10.5 Å². The number of nitrogens with one attached hydrogen (secondary N) is 3. The molecule has 3 N–H and O–H groups in total. The van der Waals surface area contributed by atoms with Gasteiger partial charge in [-0.3, -0.25) is 30.4 Å². The molecule has 0 heterocycles. The summed E-state index contributed by atoms with van der Waals surface area (Å²) in [6, 6.07) is 10.3. The number of carbonyl (C=O) groups is 3. The molecule has 0 unspecified atom stereocenters. The first-order valence-corrected chi connectivity index (χ1v) is 7.76. The van der Waals surface area contributed by atoms with E-state index in [1.54, 1.807) is 0 Å². The van der Waals surface area contributed by atoms with Crippen LogP contribution in [-0.4, -0.2) is 29.4 Å². The minimum Gasteiger partial charge on any atom is -0.477 e. The first kappa shape index (κ1) is 19.7. The molecule has 10 nitrogen and oxygen atoms in total. The smallest absolute Gasteiger partial charge is 0.340 e. The molecule has 2 aromatic carbocycles. The summed E-state index contributed by atoms with van der Waals surface area (Å²) in [6.07, 6.45) is 0. The van der Waals surface area contributed by atoms with Gasteiger partial charge in [0.2, 0.25) is 0 Å². The average molecular weight is 393 g/mol. The van der Waals surface area contributed by atoms with Crippen LogP contribution in [0.5, 0.6) is 5.75 Å². The molecular weight excluding hydrogens is 380 g/mol. The molecule has 0 saturated heterocycles. The van der Waals surface area contributed by atoms with E-state index in [0.717, 1.165) is 0 Å². The summed E-state index contributed by atoms with van der Waals surface area (Å²) in [5, 5.41) is 13.3. The number of carbonyl (C=O) groups excluding carboxylic acids is 3. The van der Waals surface area contributed by atoms with Gasteiger partial charge >= 0.3 is 11.7 Å².